The first-order chi connectivity index (χ1) is 23.1. The third-order valence-corrected chi connectivity index (χ3v) is 7.52. The molecule has 0 fully saturated rings. The molecule has 0 spiro atoms. The predicted molar refractivity (Wildman–Crippen MR) is 175 cm³/mol. The summed E-state index contributed by atoms with van der Waals surface area (Å²) in [5.74, 6) is 1.35. The van der Waals surface area contributed by atoms with E-state index in [1.807, 2.05) is 48.5 Å². The minimum Gasteiger partial charge on any atom is -0.490 e. The van der Waals surface area contributed by atoms with E-state index in [-0.39, 0.29) is 25.5 Å². The minimum absolute atomic E-state index is 0.0499. The van der Waals surface area contributed by atoms with Crippen LogP contribution in [0.5, 0.6) is 5.75 Å². The first-order valence-corrected chi connectivity index (χ1v) is 15.2. The molecule has 0 radical (unpaired) electrons. The Hall–Kier alpha value is -5.75. The van der Waals surface area contributed by atoms with Gasteiger partial charge in [-0.2, -0.15) is 4.68 Å². The van der Waals surface area contributed by atoms with Crippen LogP contribution in [0, 0.1) is 0 Å². The molecule has 0 aliphatic carbocycles. The Morgan fingerprint density at radius 1 is 0.936 bits per heavy atom. The topological polar surface area (TPSA) is 136 Å². The Bertz CT molecular complexity index is 2040. The molecular formula is C35H33N7O5. The number of aromatic nitrogens is 7. The Balaban J connectivity index is 1.21. The number of hydrogen-bond donors (Lipinski definition) is 0. The van der Waals surface area contributed by atoms with E-state index in [9.17, 15) is 9.59 Å². The lowest BCUT2D eigenvalue weighted by Gasteiger charge is -2.15. The molecule has 238 valence electrons. The fourth-order valence-corrected chi connectivity index (χ4v) is 5.28. The summed E-state index contributed by atoms with van der Waals surface area (Å²) in [7, 11) is 1.60. The van der Waals surface area contributed by atoms with Gasteiger partial charge in [-0.1, -0.05) is 55.5 Å². The Kier molecular flexibility index (Phi) is 9.68. The molecule has 0 amide bonds. The molecule has 3 heterocycles. The van der Waals surface area contributed by atoms with E-state index in [2.05, 4.69) is 27.4 Å². The lowest BCUT2D eigenvalue weighted by molar-refractivity contribution is 0.0450. The summed E-state index contributed by atoms with van der Waals surface area (Å²) in [5, 5.41) is 12.5. The van der Waals surface area contributed by atoms with Gasteiger partial charge in [0.1, 0.15) is 31.5 Å². The number of tetrazole rings is 1. The Labute approximate surface area is 270 Å². The third-order valence-electron chi connectivity index (χ3n) is 7.52. The standard InChI is InChI=1S/C35H33N7O5/c1-3-7-32-37-31-16-15-27(46-18-19-47-35(44)26-8-6-17-36-21-26)20-30(31)34(43)41(32)22-24-11-13-25(14-12-24)28-9-4-5-10-29(28)33-38-39-40-42(33)23-45-2/h4-6,8-17,20-21H,3,7,18-19,22-23H2,1-2H3. The number of nitrogens with zero attached hydrogens (tertiary/aromatic N) is 7. The van der Waals surface area contributed by atoms with Crippen molar-refractivity contribution >= 4 is 16.9 Å². The van der Waals surface area contributed by atoms with Gasteiger partial charge in [0, 0.05) is 31.5 Å². The molecule has 6 aromatic rings. The molecular weight excluding hydrogens is 598 g/mol. The maximum atomic E-state index is 13.9. The maximum Gasteiger partial charge on any atom is 0.339 e. The number of pyridine rings is 1. The van der Waals surface area contributed by atoms with Gasteiger partial charge in [-0.05, 0) is 63.9 Å². The fourth-order valence-electron chi connectivity index (χ4n) is 5.28. The van der Waals surface area contributed by atoms with Crippen LogP contribution in [0.3, 0.4) is 0 Å². The Morgan fingerprint density at radius 2 is 1.77 bits per heavy atom. The van der Waals surface area contributed by atoms with Crippen LogP contribution in [-0.4, -0.2) is 61.0 Å². The van der Waals surface area contributed by atoms with Gasteiger partial charge in [0.05, 0.1) is 23.0 Å². The summed E-state index contributed by atoms with van der Waals surface area (Å²) >= 11 is 0. The summed E-state index contributed by atoms with van der Waals surface area (Å²) in [4.78, 5) is 34.8. The van der Waals surface area contributed by atoms with E-state index < -0.39 is 5.97 Å². The zero-order chi connectivity index (χ0) is 32.6. The molecule has 6 rings (SSSR count). The van der Waals surface area contributed by atoms with Crippen molar-refractivity contribution in [2.45, 2.75) is 33.0 Å². The summed E-state index contributed by atoms with van der Waals surface area (Å²) in [5.41, 5.74) is 4.63. The molecule has 12 nitrogen and oxygen atoms in total. The highest BCUT2D eigenvalue weighted by Gasteiger charge is 2.16. The number of methoxy groups -OCH3 is 1. The van der Waals surface area contributed by atoms with Gasteiger partial charge in [0.25, 0.3) is 5.56 Å². The maximum absolute atomic E-state index is 13.9. The average molecular weight is 632 g/mol. The molecule has 0 bridgehead atoms. The number of aryl methyl sites for hydroxylation is 1. The third kappa shape index (κ3) is 7.07. The van der Waals surface area contributed by atoms with Crippen LogP contribution in [0.2, 0.25) is 0 Å². The fraction of sp³-hybridized carbons (Fsp3) is 0.229. The van der Waals surface area contributed by atoms with Crippen molar-refractivity contribution in [3.05, 3.63) is 119 Å². The van der Waals surface area contributed by atoms with Crippen LogP contribution in [0.25, 0.3) is 33.4 Å². The van der Waals surface area contributed by atoms with Gasteiger partial charge in [0.2, 0.25) is 0 Å². The van der Waals surface area contributed by atoms with Crippen molar-refractivity contribution in [2.24, 2.45) is 0 Å². The molecule has 3 aromatic heterocycles. The number of hydrogen-bond acceptors (Lipinski definition) is 10. The van der Waals surface area contributed by atoms with Gasteiger partial charge < -0.3 is 14.2 Å². The summed E-state index contributed by atoms with van der Waals surface area (Å²) < 4.78 is 19.7. The van der Waals surface area contributed by atoms with Crippen LogP contribution >= 0.6 is 0 Å². The van der Waals surface area contributed by atoms with E-state index >= 15 is 0 Å². The second-order valence-electron chi connectivity index (χ2n) is 10.7. The first-order valence-electron chi connectivity index (χ1n) is 15.2. The molecule has 0 unspecified atom stereocenters. The zero-order valence-electron chi connectivity index (χ0n) is 26.1. The monoisotopic (exact) mass is 631 g/mol. The number of carbonyl (C=O) groups is 1. The van der Waals surface area contributed by atoms with E-state index in [0.29, 0.717) is 41.0 Å². The molecule has 0 aliphatic rings. The van der Waals surface area contributed by atoms with Crippen molar-refractivity contribution in [1.82, 2.24) is 34.7 Å². The molecule has 0 atom stereocenters. The quantitative estimate of drug-likeness (QED) is 0.127. The second kappa shape index (κ2) is 14.6. The number of fused-ring (bicyclic) bond motifs is 1. The first kappa shape index (κ1) is 31.2. The molecule has 0 N–H and O–H groups in total. The summed E-state index contributed by atoms with van der Waals surface area (Å²) in [6.07, 6.45) is 4.54. The lowest BCUT2D eigenvalue weighted by atomic mass is 9.98. The summed E-state index contributed by atoms with van der Waals surface area (Å²) in [6, 6.07) is 24.6. The second-order valence-corrected chi connectivity index (χ2v) is 10.7. The lowest BCUT2D eigenvalue weighted by Crippen LogP contribution is -2.26. The normalized spacial score (nSPS) is 11.1. The molecule has 47 heavy (non-hydrogen) atoms. The van der Waals surface area contributed by atoms with Gasteiger partial charge >= 0.3 is 5.97 Å². The van der Waals surface area contributed by atoms with Crippen LogP contribution in [0.1, 0.15) is 35.1 Å². The number of carbonyl (C=O) groups excluding carboxylic acids is 1. The minimum atomic E-state index is -0.475. The van der Waals surface area contributed by atoms with Crippen LogP contribution in [-0.2, 0) is 29.2 Å². The molecule has 0 saturated heterocycles. The number of rotatable bonds is 13. The van der Waals surface area contributed by atoms with Crippen LogP contribution in [0.15, 0.2) is 96.1 Å². The summed E-state index contributed by atoms with van der Waals surface area (Å²) in [6.45, 7) is 2.84. The van der Waals surface area contributed by atoms with Crippen molar-refractivity contribution in [2.75, 3.05) is 20.3 Å². The van der Waals surface area contributed by atoms with Gasteiger partial charge in [0.15, 0.2) is 5.82 Å². The molecule has 0 saturated carbocycles. The van der Waals surface area contributed by atoms with Crippen molar-refractivity contribution in [1.29, 1.82) is 0 Å². The number of esters is 1. The SMILES string of the molecule is CCCc1nc2ccc(OCCOC(=O)c3cccnc3)cc2c(=O)n1Cc1ccc(-c2ccccc2-c2nnnn2COC)cc1. The Morgan fingerprint density at radius 3 is 2.53 bits per heavy atom. The average Bonchev–Trinajstić information content (AvgIpc) is 3.57. The largest absolute Gasteiger partial charge is 0.490 e. The van der Waals surface area contributed by atoms with E-state index in [1.54, 1.807) is 52.9 Å². The highest BCUT2D eigenvalue weighted by atomic mass is 16.6. The van der Waals surface area contributed by atoms with E-state index in [1.165, 1.54) is 6.20 Å². The molecule has 0 aliphatic heterocycles. The molecule has 3 aromatic carbocycles. The van der Waals surface area contributed by atoms with Gasteiger partial charge in [-0.3, -0.25) is 14.3 Å². The van der Waals surface area contributed by atoms with Gasteiger partial charge in [-0.15, -0.1) is 5.10 Å². The molecule has 12 heteroatoms. The highest BCUT2D eigenvalue weighted by Crippen LogP contribution is 2.31. The van der Waals surface area contributed by atoms with Crippen LogP contribution < -0.4 is 10.3 Å². The van der Waals surface area contributed by atoms with Gasteiger partial charge in [-0.25, -0.2) is 9.78 Å². The van der Waals surface area contributed by atoms with Crippen molar-refractivity contribution < 1.29 is 19.0 Å². The highest BCUT2D eigenvalue weighted by molar-refractivity contribution is 5.88. The number of benzene rings is 3. The van der Waals surface area contributed by atoms with Crippen molar-refractivity contribution in [3.8, 4) is 28.3 Å². The van der Waals surface area contributed by atoms with Crippen molar-refractivity contribution in [3.63, 3.8) is 0 Å². The smallest absolute Gasteiger partial charge is 0.339 e. The van der Waals surface area contributed by atoms with E-state index in [0.717, 1.165) is 34.5 Å². The zero-order valence-corrected chi connectivity index (χ0v) is 26.1. The van der Waals surface area contributed by atoms with Crippen LogP contribution in [0.4, 0.5) is 0 Å². The predicted octanol–water partition coefficient (Wildman–Crippen LogP) is 4.95. The van der Waals surface area contributed by atoms with E-state index in [4.69, 9.17) is 19.2 Å². The number of ether oxygens (including phenoxy) is 3.